The van der Waals surface area contributed by atoms with E-state index >= 15 is 0 Å². The SMILES string of the molecule is CCOC(=O)[C@@H](C#N)C1C[C@H]2CC[C@@H](C1)C2C. The third kappa shape index (κ3) is 2.31. The minimum Gasteiger partial charge on any atom is -0.465 e. The highest BCUT2D eigenvalue weighted by Crippen LogP contribution is 2.50. The van der Waals surface area contributed by atoms with Crippen molar-refractivity contribution in [3.05, 3.63) is 0 Å². The van der Waals surface area contributed by atoms with Gasteiger partial charge in [-0.2, -0.15) is 5.26 Å². The van der Waals surface area contributed by atoms with Crippen molar-refractivity contribution in [2.24, 2.45) is 29.6 Å². The average molecular weight is 235 g/mol. The van der Waals surface area contributed by atoms with Gasteiger partial charge in [0, 0.05) is 0 Å². The molecule has 2 rings (SSSR count). The Balaban J connectivity index is 2.03. The van der Waals surface area contributed by atoms with Gasteiger partial charge in [-0.15, -0.1) is 0 Å². The Kier molecular flexibility index (Phi) is 3.71. The second-order valence-electron chi connectivity index (χ2n) is 5.55. The lowest BCUT2D eigenvalue weighted by atomic mass is 9.70. The molecule has 0 aromatic heterocycles. The van der Waals surface area contributed by atoms with E-state index in [1.165, 1.54) is 12.8 Å². The third-order valence-electron chi connectivity index (χ3n) is 4.76. The van der Waals surface area contributed by atoms with Crippen molar-refractivity contribution < 1.29 is 9.53 Å². The molecule has 0 saturated heterocycles. The Morgan fingerprint density at radius 1 is 1.41 bits per heavy atom. The number of rotatable bonds is 3. The van der Waals surface area contributed by atoms with Crippen LogP contribution in [0.2, 0.25) is 0 Å². The van der Waals surface area contributed by atoms with Crippen LogP contribution in [0.3, 0.4) is 0 Å². The normalized spacial score (nSPS) is 37.2. The van der Waals surface area contributed by atoms with Gasteiger partial charge in [0.25, 0.3) is 0 Å². The first kappa shape index (κ1) is 12.4. The Labute approximate surface area is 103 Å². The first-order valence-corrected chi connectivity index (χ1v) is 6.73. The van der Waals surface area contributed by atoms with Crippen LogP contribution in [0.25, 0.3) is 0 Å². The maximum absolute atomic E-state index is 11.7. The van der Waals surface area contributed by atoms with Crippen LogP contribution in [-0.2, 0) is 9.53 Å². The summed E-state index contributed by atoms with van der Waals surface area (Å²) in [6.45, 7) is 4.48. The van der Waals surface area contributed by atoms with Crippen LogP contribution in [0.15, 0.2) is 0 Å². The highest BCUT2D eigenvalue weighted by Gasteiger charge is 2.44. The molecule has 2 aliphatic rings. The van der Waals surface area contributed by atoms with Crippen molar-refractivity contribution in [3.63, 3.8) is 0 Å². The van der Waals surface area contributed by atoms with E-state index in [2.05, 4.69) is 13.0 Å². The molecule has 17 heavy (non-hydrogen) atoms. The molecule has 3 nitrogen and oxygen atoms in total. The zero-order valence-electron chi connectivity index (χ0n) is 10.7. The van der Waals surface area contributed by atoms with E-state index in [4.69, 9.17) is 4.74 Å². The van der Waals surface area contributed by atoms with Crippen LogP contribution in [0.1, 0.15) is 39.5 Å². The molecule has 2 aliphatic carbocycles. The summed E-state index contributed by atoms with van der Waals surface area (Å²) in [5.74, 6) is 1.62. The third-order valence-corrected chi connectivity index (χ3v) is 4.76. The highest BCUT2D eigenvalue weighted by atomic mass is 16.5. The molecule has 0 aromatic carbocycles. The van der Waals surface area contributed by atoms with Crippen molar-refractivity contribution in [3.8, 4) is 6.07 Å². The van der Waals surface area contributed by atoms with E-state index in [-0.39, 0.29) is 11.9 Å². The monoisotopic (exact) mass is 235 g/mol. The summed E-state index contributed by atoms with van der Waals surface area (Å²) in [6, 6.07) is 2.17. The summed E-state index contributed by atoms with van der Waals surface area (Å²) < 4.78 is 5.00. The number of ether oxygens (including phenoxy) is 1. The van der Waals surface area contributed by atoms with Crippen molar-refractivity contribution in [1.29, 1.82) is 5.26 Å². The van der Waals surface area contributed by atoms with E-state index in [1.54, 1.807) is 6.92 Å². The van der Waals surface area contributed by atoms with Crippen molar-refractivity contribution in [2.45, 2.75) is 39.5 Å². The summed E-state index contributed by atoms with van der Waals surface area (Å²) in [5.41, 5.74) is 0. The lowest BCUT2D eigenvalue weighted by Gasteiger charge is -2.34. The van der Waals surface area contributed by atoms with Gasteiger partial charge in [-0.1, -0.05) is 6.92 Å². The first-order valence-electron chi connectivity index (χ1n) is 6.73. The number of hydrogen-bond acceptors (Lipinski definition) is 3. The zero-order valence-corrected chi connectivity index (χ0v) is 10.7. The van der Waals surface area contributed by atoms with E-state index in [1.807, 2.05) is 0 Å². The largest absolute Gasteiger partial charge is 0.465 e. The molecule has 0 aromatic rings. The summed E-state index contributed by atoms with van der Waals surface area (Å²) in [5, 5.41) is 9.18. The minimum absolute atomic E-state index is 0.229. The van der Waals surface area contributed by atoms with Gasteiger partial charge in [-0.25, -0.2) is 0 Å². The van der Waals surface area contributed by atoms with Gasteiger partial charge in [-0.3, -0.25) is 4.79 Å². The number of esters is 1. The van der Waals surface area contributed by atoms with Crippen molar-refractivity contribution in [1.82, 2.24) is 0 Å². The minimum atomic E-state index is -0.537. The summed E-state index contributed by atoms with van der Waals surface area (Å²) in [7, 11) is 0. The molecule has 2 bridgehead atoms. The van der Waals surface area contributed by atoms with Crippen LogP contribution in [0.4, 0.5) is 0 Å². The van der Waals surface area contributed by atoms with E-state index in [9.17, 15) is 10.1 Å². The van der Waals surface area contributed by atoms with Crippen LogP contribution < -0.4 is 0 Å². The van der Waals surface area contributed by atoms with E-state index < -0.39 is 5.92 Å². The number of carbonyl (C=O) groups excluding carboxylic acids is 1. The topological polar surface area (TPSA) is 50.1 Å². The maximum Gasteiger partial charge on any atom is 0.323 e. The molecule has 0 aliphatic heterocycles. The molecule has 0 radical (unpaired) electrons. The Bertz CT molecular complexity index is 320. The lowest BCUT2D eigenvalue weighted by molar-refractivity contribution is -0.148. The van der Waals surface area contributed by atoms with E-state index in [0.29, 0.717) is 6.61 Å². The maximum atomic E-state index is 11.7. The van der Waals surface area contributed by atoms with Gasteiger partial charge in [-0.05, 0) is 56.3 Å². The summed E-state index contributed by atoms with van der Waals surface area (Å²) in [6.07, 6.45) is 4.63. The average Bonchev–Trinajstić information content (AvgIpc) is 2.54. The first-order chi connectivity index (χ1) is 8.17. The van der Waals surface area contributed by atoms with Gasteiger partial charge in [0.05, 0.1) is 12.7 Å². The van der Waals surface area contributed by atoms with Crippen LogP contribution in [-0.4, -0.2) is 12.6 Å². The summed E-state index contributed by atoms with van der Waals surface area (Å²) >= 11 is 0. The molecule has 0 heterocycles. The Morgan fingerprint density at radius 3 is 2.47 bits per heavy atom. The van der Waals surface area contributed by atoms with Crippen LogP contribution >= 0.6 is 0 Å². The second-order valence-corrected chi connectivity index (χ2v) is 5.55. The molecular weight excluding hydrogens is 214 g/mol. The van der Waals surface area contributed by atoms with Crippen molar-refractivity contribution in [2.75, 3.05) is 6.61 Å². The van der Waals surface area contributed by atoms with Gasteiger partial charge < -0.3 is 4.74 Å². The standard InChI is InChI=1S/C14H21NO2/c1-3-17-14(16)13(8-15)12-6-10-4-5-11(7-12)9(10)2/h9-13H,3-7H2,1-2H3/t9?,10-,11+,12?,13-/m0/s1. The summed E-state index contributed by atoms with van der Waals surface area (Å²) in [4.78, 5) is 11.7. The fourth-order valence-corrected chi connectivity index (χ4v) is 3.73. The lowest BCUT2D eigenvalue weighted by Crippen LogP contribution is -2.32. The molecule has 0 spiro atoms. The van der Waals surface area contributed by atoms with E-state index in [0.717, 1.165) is 30.6 Å². The molecule has 2 fully saturated rings. The van der Waals surface area contributed by atoms with Gasteiger partial charge in [0.15, 0.2) is 0 Å². The highest BCUT2D eigenvalue weighted by molar-refractivity contribution is 5.75. The number of nitrogens with zero attached hydrogens (tertiary/aromatic N) is 1. The predicted octanol–water partition coefficient (Wildman–Crippen LogP) is 2.76. The Morgan fingerprint density at radius 2 is 2.00 bits per heavy atom. The molecule has 0 amide bonds. The zero-order chi connectivity index (χ0) is 12.4. The van der Waals surface area contributed by atoms with Crippen LogP contribution in [0.5, 0.6) is 0 Å². The van der Waals surface area contributed by atoms with Crippen LogP contribution in [0, 0.1) is 40.9 Å². The number of hydrogen-bond donors (Lipinski definition) is 0. The van der Waals surface area contributed by atoms with Crippen molar-refractivity contribution >= 4 is 5.97 Å². The number of carbonyl (C=O) groups is 1. The molecule has 0 N–H and O–H groups in total. The van der Waals surface area contributed by atoms with Gasteiger partial charge >= 0.3 is 5.97 Å². The van der Waals surface area contributed by atoms with Gasteiger partial charge in [0.2, 0.25) is 0 Å². The molecular formula is C14H21NO2. The Hall–Kier alpha value is -1.04. The molecule has 2 unspecified atom stereocenters. The quantitative estimate of drug-likeness (QED) is 0.707. The molecule has 3 heteroatoms. The number of fused-ring (bicyclic) bond motifs is 2. The predicted molar refractivity (Wildman–Crippen MR) is 63.8 cm³/mol. The molecule has 5 atom stereocenters. The molecule has 2 saturated carbocycles. The fourth-order valence-electron chi connectivity index (χ4n) is 3.73. The number of nitriles is 1. The molecule has 94 valence electrons. The fraction of sp³-hybridized carbons (Fsp3) is 0.857. The van der Waals surface area contributed by atoms with Gasteiger partial charge in [0.1, 0.15) is 5.92 Å². The smallest absolute Gasteiger partial charge is 0.323 e. The second kappa shape index (κ2) is 5.08.